The van der Waals surface area contributed by atoms with Crippen LogP contribution >= 0.6 is 0 Å². The van der Waals surface area contributed by atoms with Gasteiger partial charge in [-0.2, -0.15) is 0 Å². The summed E-state index contributed by atoms with van der Waals surface area (Å²) in [5.41, 5.74) is 2.44. The van der Waals surface area contributed by atoms with Gasteiger partial charge in [0.2, 0.25) is 5.91 Å². The lowest BCUT2D eigenvalue weighted by atomic mass is 9.93. The van der Waals surface area contributed by atoms with E-state index in [0.29, 0.717) is 18.5 Å². The van der Waals surface area contributed by atoms with Crippen LogP contribution in [0.3, 0.4) is 0 Å². The van der Waals surface area contributed by atoms with E-state index in [-0.39, 0.29) is 23.8 Å². The summed E-state index contributed by atoms with van der Waals surface area (Å²) in [6.07, 6.45) is 3.68. The lowest BCUT2D eigenvalue weighted by Crippen LogP contribution is -2.33. The molecule has 1 fully saturated rings. The molecule has 2 atom stereocenters. The molecule has 26 heavy (non-hydrogen) atoms. The van der Waals surface area contributed by atoms with Crippen molar-refractivity contribution in [2.24, 2.45) is 5.92 Å². The predicted molar refractivity (Wildman–Crippen MR) is 101 cm³/mol. The monoisotopic (exact) mass is 352 g/mol. The summed E-state index contributed by atoms with van der Waals surface area (Å²) in [7, 11) is 5.61. The molecule has 3 rings (SSSR count). The molecule has 1 saturated heterocycles. The summed E-state index contributed by atoms with van der Waals surface area (Å²) >= 11 is 0. The Morgan fingerprint density at radius 3 is 2.69 bits per heavy atom. The molecule has 2 aromatic rings. The van der Waals surface area contributed by atoms with Crippen LogP contribution in [0.1, 0.15) is 28.4 Å². The average molecular weight is 352 g/mol. The Kier molecular flexibility index (Phi) is 5.21. The highest BCUT2D eigenvalue weighted by Crippen LogP contribution is 2.36. The number of carbonyl (C=O) groups excluding carboxylic acids is 2. The molecule has 0 aliphatic carbocycles. The molecule has 1 N–H and O–H groups in total. The van der Waals surface area contributed by atoms with Crippen LogP contribution in [0.15, 0.2) is 48.8 Å². The SMILES string of the molecule is CN(C)c1ccncc1C(=O)NC[C@@H]1CC(=O)N(C)[C@H]1c1ccccc1. The van der Waals surface area contributed by atoms with Gasteiger partial charge in [-0.05, 0) is 11.6 Å². The minimum absolute atomic E-state index is 0.0220. The molecule has 0 saturated carbocycles. The normalized spacial score (nSPS) is 19.5. The Hall–Kier alpha value is -2.89. The Bertz CT molecular complexity index is 791. The summed E-state index contributed by atoms with van der Waals surface area (Å²) in [4.78, 5) is 32.6. The number of hydrogen-bond donors (Lipinski definition) is 1. The summed E-state index contributed by atoms with van der Waals surface area (Å²) in [5.74, 6) is -0.0256. The molecule has 1 aromatic carbocycles. The van der Waals surface area contributed by atoms with Crippen LogP contribution < -0.4 is 10.2 Å². The van der Waals surface area contributed by atoms with Crippen LogP contribution in [-0.2, 0) is 4.79 Å². The number of amides is 2. The van der Waals surface area contributed by atoms with Crippen molar-refractivity contribution in [3.05, 3.63) is 59.9 Å². The molecule has 2 heterocycles. The Morgan fingerprint density at radius 1 is 1.27 bits per heavy atom. The number of aromatic nitrogens is 1. The van der Waals surface area contributed by atoms with E-state index in [2.05, 4.69) is 10.3 Å². The van der Waals surface area contributed by atoms with Gasteiger partial charge < -0.3 is 15.1 Å². The molecule has 0 radical (unpaired) electrons. The standard InChI is InChI=1S/C20H24N4O2/c1-23(2)17-9-10-21-13-16(17)20(26)22-12-15-11-18(25)24(3)19(15)14-7-5-4-6-8-14/h4-10,13,15,19H,11-12H2,1-3H3,(H,22,26)/t15-,19-/m0/s1. The largest absolute Gasteiger partial charge is 0.377 e. The van der Waals surface area contributed by atoms with Gasteiger partial charge in [0.25, 0.3) is 5.91 Å². The van der Waals surface area contributed by atoms with Crippen molar-refractivity contribution in [1.29, 1.82) is 0 Å². The Morgan fingerprint density at radius 2 is 2.00 bits per heavy atom. The van der Waals surface area contributed by atoms with Gasteiger partial charge in [0.15, 0.2) is 0 Å². The van der Waals surface area contributed by atoms with E-state index in [4.69, 9.17) is 0 Å². The third kappa shape index (κ3) is 3.54. The van der Waals surface area contributed by atoms with Crippen LogP contribution in [0.4, 0.5) is 5.69 Å². The van der Waals surface area contributed by atoms with Crippen molar-refractivity contribution in [3.8, 4) is 0 Å². The zero-order chi connectivity index (χ0) is 18.7. The summed E-state index contributed by atoms with van der Waals surface area (Å²) < 4.78 is 0. The number of rotatable bonds is 5. The molecule has 1 aliphatic heterocycles. The van der Waals surface area contributed by atoms with Crippen LogP contribution in [0.25, 0.3) is 0 Å². The molecule has 0 spiro atoms. The maximum atomic E-state index is 12.7. The van der Waals surface area contributed by atoms with Crippen molar-refractivity contribution in [2.75, 3.05) is 32.6 Å². The van der Waals surface area contributed by atoms with Gasteiger partial charge in [0, 0.05) is 52.4 Å². The molecule has 0 unspecified atom stereocenters. The Labute approximate surface area is 153 Å². The van der Waals surface area contributed by atoms with Crippen molar-refractivity contribution in [2.45, 2.75) is 12.5 Å². The average Bonchev–Trinajstić information content (AvgIpc) is 2.94. The van der Waals surface area contributed by atoms with Crippen LogP contribution in [-0.4, -0.2) is 49.4 Å². The fourth-order valence-electron chi connectivity index (χ4n) is 3.55. The number of pyridine rings is 1. The van der Waals surface area contributed by atoms with Gasteiger partial charge in [0.1, 0.15) is 0 Å². The second-order valence-corrected chi connectivity index (χ2v) is 6.82. The fourth-order valence-corrected chi connectivity index (χ4v) is 3.55. The summed E-state index contributed by atoms with van der Waals surface area (Å²) in [5, 5.41) is 2.99. The van der Waals surface area contributed by atoms with E-state index in [1.54, 1.807) is 17.3 Å². The van der Waals surface area contributed by atoms with Gasteiger partial charge >= 0.3 is 0 Å². The first kappa shape index (κ1) is 17.9. The summed E-state index contributed by atoms with van der Waals surface area (Å²) in [6, 6.07) is 11.8. The number of carbonyl (C=O) groups is 2. The van der Waals surface area contributed by atoms with Crippen LogP contribution in [0.2, 0.25) is 0 Å². The number of nitrogens with one attached hydrogen (secondary N) is 1. The molecule has 1 aliphatic rings. The fraction of sp³-hybridized carbons (Fsp3) is 0.350. The van der Waals surface area contributed by atoms with Crippen molar-refractivity contribution in [1.82, 2.24) is 15.2 Å². The molecule has 6 nitrogen and oxygen atoms in total. The third-order valence-corrected chi connectivity index (χ3v) is 4.88. The van der Waals surface area contributed by atoms with Crippen molar-refractivity contribution >= 4 is 17.5 Å². The minimum atomic E-state index is -0.171. The first-order chi connectivity index (χ1) is 12.5. The number of benzene rings is 1. The highest BCUT2D eigenvalue weighted by Gasteiger charge is 2.38. The molecular weight excluding hydrogens is 328 g/mol. The van der Waals surface area contributed by atoms with Crippen molar-refractivity contribution < 1.29 is 9.59 Å². The van der Waals surface area contributed by atoms with Crippen LogP contribution in [0.5, 0.6) is 0 Å². The van der Waals surface area contributed by atoms with Gasteiger partial charge in [-0.1, -0.05) is 30.3 Å². The quantitative estimate of drug-likeness (QED) is 0.895. The maximum Gasteiger partial charge on any atom is 0.254 e. The minimum Gasteiger partial charge on any atom is -0.377 e. The van der Waals surface area contributed by atoms with E-state index in [1.165, 1.54) is 0 Å². The first-order valence-corrected chi connectivity index (χ1v) is 8.69. The molecule has 1 aromatic heterocycles. The lowest BCUT2D eigenvalue weighted by Gasteiger charge is -2.26. The van der Waals surface area contributed by atoms with Gasteiger partial charge in [-0.15, -0.1) is 0 Å². The first-order valence-electron chi connectivity index (χ1n) is 8.69. The maximum absolute atomic E-state index is 12.7. The smallest absolute Gasteiger partial charge is 0.254 e. The molecule has 0 bridgehead atoms. The van der Waals surface area contributed by atoms with E-state index < -0.39 is 0 Å². The zero-order valence-corrected chi connectivity index (χ0v) is 15.3. The third-order valence-electron chi connectivity index (χ3n) is 4.88. The molecule has 136 valence electrons. The number of hydrogen-bond acceptors (Lipinski definition) is 4. The highest BCUT2D eigenvalue weighted by molar-refractivity contribution is 5.99. The Balaban J connectivity index is 1.74. The van der Waals surface area contributed by atoms with Gasteiger partial charge in [0.05, 0.1) is 17.3 Å². The molecule has 2 amide bonds. The van der Waals surface area contributed by atoms with E-state index in [0.717, 1.165) is 11.3 Å². The predicted octanol–water partition coefficient (Wildman–Crippen LogP) is 2.10. The highest BCUT2D eigenvalue weighted by atomic mass is 16.2. The van der Waals surface area contributed by atoms with Crippen molar-refractivity contribution in [3.63, 3.8) is 0 Å². The number of nitrogens with zero attached hydrogens (tertiary/aromatic N) is 3. The summed E-state index contributed by atoms with van der Waals surface area (Å²) in [6.45, 7) is 0.441. The zero-order valence-electron chi connectivity index (χ0n) is 15.3. The van der Waals surface area contributed by atoms with E-state index in [1.807, 2.05) is 62.4 Å². The van der Waals surface area contributed by atoms with Gasteiger partial charge in [-0.3, -0.25) is 14.6 Å². The molecule has 6 heteroatoms. The van der Waals surface area contributed by atoms with E-state index in [9.17, 15) is 9.59 Å². The van der Waals surface area contributed by atoms with Crippen LogP contribution in [0, 0.1) is 5.92 Å². The second kappa shape index (κ2) is 7.56. The second-order valence-electron chi connectivity index (χ2n) is 6.82. The molecular formula is C20H24N4O2. The topological polar surface area (TPSA) is 65.5 Å². The lowest BCUT2D eigenvalue weighted by molar-refractivity contribution is -0.127. The number of anilines is 1. The number of likely N-dealkylation sites (tertiary alicyclic amines) is 1. The van der Waals surface area contributed by atoms with E-state index >= 15 is 0 Å². The van der Waals surface area contributed by atoms with Gasteiger partial charge in [-0.25, -0.2) is 0 Å².